The minimum atomic E-state index is 0.171. The fourth-order valence-electron chi connectivity index (χ4n) is 2.53. The Morgan fingerprint density at radius 1 is 1.17 bits per heavy atom. The summed E-state index contributed by atoms with van der Waals surface area (Å²) in [6.07, 6.45) is 5.51. The molecule has 0 unspecified atom stereocenters. The number of hydrogen-bond donors (Lipinski definition) is 1. The van der Waals surface area contributed by atoms with Crippen LogP contribution in [0, 0.1) is 0 Å². The number of hydrogen-bond acceptors (Lipinski definition) is 3. The maximum Gasteiger partial charge on any atom is 0.164 e. The van der Waals surface area contributed by atoms with Gasteiger partial charge in [-0.15, -0.1) is 0 Å². The molecule has 0 spiro atoms. The average Bonchev–Trinajstić information content (AvgIpc) is 2.40. The van der Waals surface area contributed by atoms with E-state index in [1.165, 1.54) is 32.4 Å². The lowest BCUT2D eigenvalue weighted by Crippen LogP contribution is -2.30. The maximum atomic E-state index is 12.0. The molecule has 2 N–H and O–H groups in total. The minimum absolute atomic E-state index is 0.171. The topological polar surface area (TPSA) is 46.3 Å². The SMILES string of the molecule is Nc1ccccc1C(=O)CCCN1CCCCC1. The van der Waals surface area contributed by atoms with Gasteiger partial charge in [-0.2, -0.15) is 0 Å². The van der Waals surface area contributed by atoms with Crippen LogP contribution in [0.1, 0.15) is 42.5 Å². The molecule has 0 aromatic heterocycles. The molecule has 0 saturated carbocycles. The van der Waals surface area contributed by atoms with Crippen LogP contribution in [0.2, 0.25) is 0 Å². The van der Waals surface area contributed by atoms with Gasteiger partial charge < -0.3 is 10.6 Å². The van der Waals surface area contributed by atoms with Gasteiger partial charge in [0.25, 0.3) is 0 Å². The third-order valence-electron chi connectivity index (χ3n) is 3.59. The van der Waals surface area contributed by atoms with Crippen LogP contribution in [0.25, 0.3) is 0 Å². The molecule has 3 nitrogen and oxygen atoms in total. The van der Waals surface area contributed by atoms with E-state index in [1.807, 2.05) is 18.2 Å². The van der Waals surface area contributed by atoms with E-state index >= 15 is 0 Å². The summed E-state index contributed by atoms with van der Waals surface area (Å²) in [5.74, 6) is 0.171. The number of benzene rings is 1. The highest BCUT2D eigenvalue weighted by Gasteiger charge is 2.12. The van der Waals surface area contributed by atoms with Gasteiger partial charge in [0.1, 0.15) is 0 Å². The zero-order valence-electron chi connectivity index (χ0n) is 10.9. The molecule has 1 fully saturated rings. The second-order valence-corrected chi connectivity index (χ2v) is 5.02. The molecule has 3 heteroatoms. The second-order valence-electron chi connectivity index (χ2n) is 5.02. The van der Waals surface area contributed by atoms with Crippen molar-refractivity contribution in [2.24, 2.45) is 0 Å². The van der Waals surface area contributed by atoms with Crippen LogP contribution in [0.3, 0.4) is 0 Å². The van der Waals surface area contributed by atoms with Crippen LogP contribution in [-0.4, -0.2) is 30.3 Å². The van der Waals surface area contributed by atoms with E-state index in [9.17, 15) is 4.79 Å². The van der Waals surface area contributed by atoms with E-state index in [2.05, 4.69) is 4.90 Å². The van der Waals surface area contributed by atoms with Crippen molar-refractivity contribution >= 4 is 11.5 Å². The normalized spacial score (nSPS) is 16.7. The molecule has 1 saturated heterocycles. The van der Waals surface area contributed by atoms with Crippen molar-refractivity contribution in [3.05, 3.63) is 29.8 Å². The maximum absolute atomic E-state index is 12.0. The third kappa shape index (κ3) is 3.57. The number of carbonyl (C=O) groups excluding carboxylic acids is 1. The molecule has 1 aliphatic heterocycles. The Hall–Kier alpha value is -1.35. The zero-order valence-corrected chi connectivity index (χ0v) is 10.9. The molecule has 1 aliphatic rings. The number of nitrogen functional groups attached to an aromatic ring is 1. The van der Waals surface area contributed by atoms with Gasteiger partial charge in [0.15, 0.2) is 5.78 Å². The Morgan fingerprint density at radius 2 is 1.89 bits per heavy atom. The van der Waals surface area contributed by atoms with Gasteiger partial charge in [0.05, 0.1) is 0 Å². The summed E-state index contributed by atoms with van der Waals surface area (Å²) < 4.78 is 0. The van der Waals surface area contributed by atoms with Gasteiger partial charge >= 0.3 is 0 Å². The Kier molecular flexibility index (Phi) is 4.76. The van der Waals surface area contributed by atoms with E-state index in [0.717, 1.165) is 13.0 Å². The van der Waals surface area contributed by atoms with E-state index < -0.39 is 0 Å². The van der Waals surface area contributed by atoms with Crippen molar-refractivity contribution < 1.29 is 4.79 Å². The second kappa shape index (κ2) is 6.55. The quantitative estimate of drug-likeness (QED) is 0.642. The van der Waals surface area contributed by atoms with Gasteiger partial charge in [-0.1, -0.05) is 18.6 Å². The van der Waals surface area contributed by atoms with Gasteiger partial charge in [0.2, 0.25) is 0 Å². The first-order valence-electron chi connectivity index (χ1n) is 6.87. The van der Waals surface area contributed by atoms with Crippen LogP contribution in [-0.2, 0) is 0 Å². The predicted molar refractivity (Wildman–Crippen MR) is 74.7 cm³/mol. The van der Waals surface area contributed by atoms with Crippen molar-refractivity contribution in [3.8, 4) is 0 Å². The lowest BCUT2D eigenvalue weighted by Gasteiger charge is -2.26. The summed E-state index contributed by atoms with van der Waals surface area (Å²) in [6, 6.07) is 7.34. The molecule has 1 heterocycles. The highest BCUT2D eigenvalue weighted by molar-refractivity contribution is 6.00. The first kappa shape index (κ1) is 13.1. The number of rotatable bonds is 5. The Bertz CT molecular complexity index is 397. The number of likely N-dealkylation sites (tertiary alicyclic amines) is 1. The lowest BCUT2D eigenvalue weighted by atomic mass is 10.0. The Balaban J connectivity index is 1.76. The van der Waals surface area contributed by atoms with E-state index in [0.29, 0.717) is 17.7 Å². The summed E-state index contributed by atoms with van der Waals surface area (Å²) in [6.45, 7) is 3.43. The van der Waals surface area contributed by atoms with Gasteiger partial charge in [-0.05, 0) is 51.0 Å². The minimum Gasteiger partial charge on any atom is -0.398 e. The number of piperidine rings is 1. The number of carbonyl (C=O) groups is 1. The third-order valence-corrected chi connectivity index (χ3v) is 3.59. The molecule has 0 aliphatic carbocycles. The molecule has 0 radical (unpaired) electrons. The largest absolute Gasteiger partial charge is 0.398 e. The van der Waals surface area contributed by atoms with Gasteiger partial charge in [-0.3, -0.25) is 4.79 Å². The summed E-state index contributed by atoms with van der Waals surface area (Å²) in [7, 11) is 0. The molecule has 18 heavy (non-hydrogen) atoms. The van der Waals surface area contributed by atoms with Crippen LogP contribution < -0.4 is 5.73 Å². The van der Waals surface area contributed by atoms with Crippen molar-refractivity contribution in [3.63, 3.8) is 0 Å². The van der Waals surface area contributed by atoms with Crippen LogP contribution in [0.5, 0.6) is 0 Å². The fraction of sp³-hybridized carbons (Fsp3) is 0.533. The van der Waals surface area contributed by atoms with Crippen molar-refractivity contribution in [2.75, 3.05) is 25.4 Å². The van der Waals surface area contributed by atoms with Crippen LogP contribution >= 0.6 is 0 Å². The van der Waals surface area contributed by atoms with E-state index in [4.69, 9.17) is 5.73 Å². The van der Waals surface area contributed by atoms with Crippen molar-refractivity contribution in [1.29, 1.82) is 0 Å². The van der Waals surface area contributed by atoms with E-state index in [-0.39, 0.29) is 5.78 Å². The first-order chi connectivity index (χ1) is 8.77. The van der Waals surface area contributed by atoms with Crippen LogP contribution in [0.4, 0.5) is 5.69 Å². The number of nitrogens with zero attached hydrogens (tertiary/aromatic N) is 1. The van der Waals surface area contributed by atoms with E-state index in [1.54, 1.807) is 6.07 Å². The molecule has 0 amide bonds. The summed E-state index contributed by atoms with van der Waals surface area (Å²) in [4.78, 5) is 14.5. The molecule has 1 aromatic carbocycles. The molecular weight excluding hydrogens is 224 g/mol. The standard InChI is InChI=1S/C15H22N2O/c16-14-8-3-2-7-13(14)15(18)9-6-12-17-10-4-1-5-11-17/h2-3,7-8H,1,4-6,9-12,16H2. The molecule has 1 aromatic rings. The molecular formula is C15H22N2O. The van der Waals surface area contributed by atoms with Gasteiger partial charge in [0, 0.05) is 17.7 Å². The number of ketones is 1. The molecule has 0 bridgehead atoms. The van der Waals surface area contributed by atoms with Crippen molar-refractivity contribution in [1.82, 2.24) is 4.90 Å². The Morgan fingerprint density at radius 3 is 2.61 bits per heavy atom. The molecule has 2 rings (SSSR count). The molecule has 98 valence electrons. The highest BCUT2D eigenvalue weighted by atomic mass is 16.1. The number of para-hydroxylation sites is 1. The average molecular weight is 246 g/mol. The summed E-state index contributed by atoms with van der Waals surface area (Å²) in [5, 5.41) is 0. The number of Topliss-reactive ketones (excluding diaryl/α,β-unsaturated/α-hetero) is 1. The van der Waals surface area contributed by atoms with Crippen molar-refractivity contribution in [2.45, 2.75) is 32.1 Å². The number of nitrogens with two attached hydrogens (primary N) is 1. The van der Waals surface area contributed by atoms with Gasteiger partial charge in [-0.25, -0.2) is 0 Å². The fourth-order valence-corrected chi connectivity index (χ4v) is 2.53. The molecule has 0 atom stereocenters. The monoisotopic (exact) mass is 246 g/mol. The first-order valence-corrected chi connectivity index (χ1v) is 6.87. The Labute approximate surface area is 109 Å². The summed E-state index contributed by atoms with van der Waals surface area (Å²) in [5.41, 5.74) is 7.08. The number of anilines is 1. The highest BCUT2D eigenvalue weighted by Crippen LogP contribution is 2.15. The summed E-state index contributed by atoms with van der Waals surface area (Å²) >= 11 is 0. The predicted octanol–water partition coefficient (Wildman–Crippen LogP) is 2.72. The zero-order chi connectivity index (χ0) is 12.8. The van der Waals surface area contributed by atoms with Crippen LogP contribution in [0.15, 0.2) is 24.3 Å². The smallest absolute Gasteiger partial charge is 0.164 e. The lowest BCUT2D eigenvalue weighted by molar-refractivity contribution is 0.0974.